The Bertz CT molecular complexity index is 1890. The van der Waals surface area contributed by atoms with Gasteiger partial charge in [0.2, 0.25) is 5.76 Å². The summed E-state index contributed by atoms with van der Waals surface area (Å²) in [5, 5.41) is 18.9. The number of carbonyl (C=O) groups is 2. The molecule has 3 N–H and O–H groups in total. The van der Waals surface area contributed by atoms with Crippen LogP contribution < -0.4 is 15.6 Å². The van der Waals surface area contributed by atoms with Gasteiger partial charge in [-0.15, -0.1) is 0 Å². The van der Waals surface area contributed by atoms with E-state index in [1.165, 1.54) is 46.7 Å². The van der Waals surface area contributed by atoms with Crippen molar-refractivity contribution in [1.29, 1.82) is 5.26 Å². The molecule has 4 aromatic carbocycles. The Kier molecular flexibility index (Phi) is 8.49. The van der Waals surface area contributed by atoms with Gasteiger partial charge in [0, 0.05) is 16.7 Å². The van der Waals surface area contributed by atoms with E-state index in [0.29, 0.717) is 29.0 Å². The quantitative estimate of drug-likeness (QED) is 0.175. The lowest BCUT2D eigenvalue weighted by molar-refractivity contribution is 0.0831. The molecule has 8 heteroatoms. The third-order valence-electron chi connectivity index (χ3n) is 7.78. The minimum Gasteiger partial charge on any atom is -0.507 e. The number of aryl methyl sites for hydroxylation is 2. The van der Waals surface area contributed by atoms with Gasteiger partial charge in [-0.3, -0.25) is 20.4 Å². The predicted molar refractivity (Wildman–Crippen MR) is 167 cm³/mol. The second-order valence-corrected chi connectivity index (χ2v) is 10.5. The molecule has 5 aromatic rings. The van der Waals surface area contributed by atoms with Crippen LogP contribution >= 0.6 is 0 Å². The highest BCUT2D eigenvalue weighted by Gasteiger charge is 2.24. The molecule has 44 heavy (non-hydrogen) atoms. The summed E-state index contributed by atoms with van der Waals surface area (Å²) < 4.78 is 12.1. The molecule has 0 saturated heterocycles. The van der Waals surface area contributed by atoms with Gasteiger partial charge in [0.05, 0.1) is 11.8 Å². The Morgan fingerprint density at radius 2 is 1.52 bits per heavy atom. The van der Waals surface area contributed by atoms with Crippen LogP contribution in [-0.4, -0.2) is 16.9 Å². The summed E-state index contributed by atoms with van der Waals surface area (Å²) in [6.45, 7) is 8.79. The molecule has 0 radical (unpaired) electrons. The Hall–Kier alpha value is -5.81. The lowest BCUT2D eigenvalue weighted by Crippen LogP contribution is -2.41. The maximum Gasteiger partial charge on any atom is 0.306 e. The molecule has 1 aromatic heterocycles. The number of aromatic hydroxyl groups is 1. The number of phenols is 1. The smallest absolute Gasteiger partial charge is 0.306 e. The zero-order chi connectivity index (χ0) is 31.4. The first kappa shape index (κ1) is 29.7. The standard InChI is InChI=1S/C36H31N3O5/c1-21-15-22(2)24(4)30(23(21)3)19-43-29-12-8-11-26(17-29)33-31(25-9-6-5-7-10-25)20-44-34(33)36(42)39-38-35(41)27-13-14-32(40)28(16-27)18-37/h5-17,20,40H,19H2,1-4H3,(H,38,41)(H,39,42). The number of nitrogens with one attached hydrogen (secondary N) is 2. The number of benzene rings is 4. The summed E-state index contributed by atoms with van der Waals surface area (Å²) >= 11 is 0. The van der Waals surface area contributed by atoms with Gasteiger partial charge in [0.25, 0.3) is 5.91 Å². The third-order valence-corrected chi connectivity index (χ3v) is 7.78. The summed E-state index contributed by atoms with van der Waals surface area (Å²) in [7, 11) is 0. The molecular weight excluding hydrogens is 554 g/mol. The lowest BCUT2D eigenvalue weighted by atomic mass is 9.95. The van der Waals surface area contributed by atoms with Crippen molar-refractivity contribution in [1.82, 2.24) is 10.9 Å². The Morgan fingerprint density at radius 3 is 2.23 bits per heavy atom. The van der Waals surface area contributed by atoms with Gasteiger partial charge in [-0.05, 0) is 97.0 Å². The number of amides is 2. The van der Waals surface area contributed by atoms with Crippen LogP contribution in [0.1, 0.15) is 54.3 Å². The van der Waals surface area contributed by atoms with Crippen LogP contribution in [-0.2, 0) is 6.61 Å². The second kappa shape index (κ2) is 12.6. The number of hydrogen-bond donors (Lipinski definition) is 3. The van der Waals surface area contributed by atoms with Crippen molar-refractivity contribution < 1.29 is 23.8 Å². The Balaban J connectivity index is 1.44. The summed E-state index contributed by atoms with van der Waals surface area (Å²) in [4.78, 5) is 26.1. The minimum atomic E-state index is -0.678. The fourth-order valence-corrected chi connectivity index (χ4v) is 5.06. The number of hydrogen-bond acceptors (Lipinski definition) is 6. The topological polar surface area (TPSA) is 125 Å². The Morgan fingerprint density at radius 1 is 0.841 bits per heavy atom. The van der Waals surface area contributed by atoms with Crippen molar-refractivity contribution >= 4 is 11.8 Å². The molecular formula is C36H31N3O5. The molecule has 1 heterocycles. The fourth-order valence-electron chi connectivity index (χ4n) is 5.06. The first-order valence-corrected chi connectivity index (χ1v) is 14.0. The fraction of sp³-hybridized carbons (Fsp3) is 0.139. The van der Waals surface area contributed by atoms with Gasteiger partial charge in [-0.1, -0.05) is 48.5 Å². The van der Waals surface area contributed by atoms with E-state index in [-0.39, 0.29) is 22.6 Å². The highest BCUT2D eigenvalue weighted by molar-refractivity contribution is 6.04. The van der Waals surface area contributed by atoms with E-state index in [4.69, 9.17) is 14.4 Å². The van der Waals surface area contributed by atoms with Crippen molar-refractivity contribution in [2.45, 2.75) is 34.3 Å². The summed E-state index contributed by atoms with van der Waals surface area (Å²) in [6.07, 6.45) is 1.51. The number of ether oxygens (including phenoxy) is 1. The highest BCUT2D eigenvalue weighted by Crippen LogP contribution is 2.38. The number of nitrogens with zero attached hydrogens (tertiary/aromatic N) is 1. The monoisotopic (exact) mass is 585 g/mol. The van der Waals surface area contributed by atoms with Gasteiger partial charge < -0.3 is 14.3 Å². The average Bonchev–Trinajstić information content (AvgIpc) is 3.49. The summed E-state index contributed by atoms with van der Waals surface area (Å²) in [6, 6.07) is 24.8. The first-order chi connectivity index (χ1) is 21.2. The van der Waals surface area contributed by atoms with Gasteiger partial charge in [0.1, 0.15) is 24.2 Å². The maximum absolute atomic E-state index is 13.4. The molecule has 5 rings (SSSR count). The molecule has 0 saturated carbocycles. The number of nitriles is 1. The zero-order valence-electron chi connectivity index (χ0n) is 24.8. The molecule has 0 fully saturated rings. The van der Waals surface area contributed by atoms with Crippen molar-refractivity contribution in [3.63, 3.8) is 0 Å². The van der Waals surface area contributed by atoms with Gasteiger partial charge >= 0.3 is 5.91 Å². The molecule has 0 aliphatic carbocycles. The van der Waals surface area contributed by atoms with Crippen LogP contribution in [0.3, 0.4) is 0 Å². The highest BCUT2D eigenvalue weighted by atomic mass is 16.5. The van der Waals surface area contributed by atoms with Crippen LogP contribution in [0.4, 0.5) is 0 Å². The SMILES string of the molecule is Cc1cc(C)c(C)c(COc2cccc(-c3c(-c4ccccc4)coc3C(=O)NNC(=O)c3ccc(O)c(C#N)c3)c2)c1C. The van der Waals surface area contributed by atoms with Gasteiger partial charge in [-0.25, -0.2) is 0 Å². The van der Waals surface area contributed by atoms with Crippen LogP contribution in [0.25, 0.3) is 22.3 Å². The van der Waals surface area contributed by atoms with E-state index >= 15 is 0 Å². The zero-order valence-corrected chi connectivity index (χ0v) is 24.8. The third kappa shape index (κ3) is 6.03. The van der Waals surface area contributed by atoms with Crippen LogP contribution in [0.15, 0.2) is 89.5 Å². The predicted octanol–water partition coefficient (Wildman–Crippen LogP) is 7.08. The summed E-state index contributed by atoms with van der Waals surface area (Å²) in [5.74, 6) is -0.972. The lowest BCUT2D eigenvalue weighted by Gasteiger charge is -2.16. The van der Waals surface area contributed by atoms with E-state index in [9.17, 15) is 14.7 Å². The van der Waals surface area contributed by atoms with E-state index in [1.807, 2.05) is 60.7 Å². The van der Waals surface area contributed by atoms with Crippen molar-refractivity contribution in [3.8, 4) is 39.8 Å². The largest absolute Gasteiger partial charge is 0.507 e. The number of carbonyl (C=O) groups excluding carboxylic acids is 2. The molecule has 2 amide bonds. The molecule has 0 aliphatic rings. The molecule has 0 aliphatic heterocycles. The van der Waals surface area contributed by atoms with E-state index in [0.717, 1.165) is 11.1 Å². The summed E-state index contributed by atoms with van der Waals surface area (Å²) in [5.41, 5.74) is 13.5. The molecule has 0 bridgehead atoms. The van der Waals surface area contributed by atoms with Crippen molar-refractivity contribution in [2.75, 3.05) is 0 Å². The molecule has 0 unspecified atom stereocenters. The number of rotatable bonds is 7. The first-order valence-electron chi connectivity index (χ1n) is 14.0. The van der Waals surface area contributed by atoms with Crippen molar-refractivity contribution in [2.24, 2.45) is 0 Å². The van der Waals surface area contributed by atoms with E-state index < -0.39 is 11.8 Å². The average molecular weight is 586 g/mol. The number of phenolic OH excluding ortho intramolecular Hbond substituents is 1. The number of furan rings is 1. The molecule has 220 valence electrons. The Labute approximate surface area is 255 Å². The van der Waals surface area contributed by atoms with Gasteiger partial charge in [0.15, 0.2) is 0 Å². The number of hydrazine groups is 1. The van der Waals surface area contributed by atoms with E-state index in [2.05, 4.69) is 44.6 Å². The van der Waals surface area contributed by atoms with E-state index in [1.54, 1.807) is 0 Å². The molecule has 8 nitrogen and oxygen atoms in total. The molecule has 0 spiro atoms. The molecule has 0 atom stereocenters. The van der Waals surface area contributed by atoms with Gasteiger partial charge in [-0.2, -0.15) is 5.26 Å². The van der Waals surface area contributed by atoms with Crippen molar-refractivity contribution in [3.05, 3.63) is 130 Å². The van der Waals surface area contributed by atoms with Crippen LogP contribution in [0, 0.1) is 39.0 Å². The minimum absolute atomic E-state index is 0.00859. The van der Waals surface area contributed by atoms with Crippen LogP contribution in [0.2, 0.25) is 0 Å². The van der Waals surface area contributed by atoms with Crippen LogP contribution in [0.5, 0.6) is 11.5 Å². The normalized spacial score (nSPS) is 10.6. The maximum atomic E-state index is 13.4. The second-order valence-electron chi connectivity index (χ2n) is 10.5.